The van der Waals surface area contributed by atoms with Gasteiger partial charge in [-0.1, -0.05) is 44.7 Å². The van der Waals surface area contributed by atoms with Crippen molar-refractivity contribution in [3.05, 3.63) is 42.0 Å². The summed E-state index contributed by atoms with van der Waals surface area (Å²) >= 11 is 0. The first-order valence-electron chi connectivity index (χ1n) is 13.5. The maximum atomic E-state index is 14.2. The van der Waals surface area contributed by atoms with E-state index in [1.807, 2.05) is 40.7 Å². The van der Waals surface area contributed by atoms with Crippen molar-refractivity contribution in [1.82, 2.24) is 15.5 Å². The van der Waals surface area contributed by atoms with Crippen molar-refractivity contribution in [2.75, 3.05) is 13.2 Å². The molecule has 1 rings (SSSR count). The summed E-state index contributed by atoms with van der Waals surface area (Å²) in [7, 11) is 0. The highest BCUT2D eigenvalue weighted by Gasteiger charge is 2.42. The zero-order chi connectivity index (χ0) is 30.0. The number of hydrogen-bond acceptors (Lipinski definition) is 6. The zero-order valence-corrected chi connectivity index (χ0v) is 25.1. The Bertz CT molecular complexity index is 1010. The predicted octanol–water partition coefficient (Wildman–Crippen LogP) is 5.01. The highest BCUT2D eigenvalue weighted by molar-refractivity contribution is 5.93. The lowest BCUT2D eigenvalue weighted by Crippen LogP contribution is -2.59. The van der Waals surface area contributed by atoms with Crippen molar-refractivity contribution in [3.8, 4) is 0 Å². The van der Waals surface area contributed by atoms with Crippen molar-refractivity contribution >= 4 is 30.0 Å². The van der Waals surface area contributed by atoms with Crippen LogP contribution in [0.2, 0.25) is 0 Å². The fourth-order valence-corrected chi connectivity index (χ4v) is 4.05. The fourth-order valence-electron chi connectivity index (χ4n) is 4.05. The van der Waals surface area contributed by atoms with Crippen molar-refractivity contribution in [2.24, 2.45) is 5.92 Å². The van der Waals surface area contributed by atoms with Crippen LogP contribution in [0.3, 0.4) is 0 Å². The van der Waals surface area contributed by atoms with Crippen molar-refractivity contribution in [3.63, 3.8) is 0 Å². The van der Waals surface area contributed by atoms with E-state index in [4.69, 9.17) is 9.47 Å². The predicted molar refractivity (Wildman–Crippen MR) is 153 cm³/mol. The Hall–Kier alpha value is -3.36. The summed E-state index contributed by atoms with van der Waals surface area (Å²) in [5.74, 6) is -1.23. The van der Waals surface area contributed by atoms with Gasteiger partial charge in [-0.3, -0.25) is 14.4 Å². The van der Waals surface area contributed by atoms with Gasteiger partial charge in [0.25, 0.3) is 0 Å². The highest BCUT2D eigenvalue weighted by Crippen LogP contribution is 2.31. The Morgan fingerprint density at radius 3 is 2.23 bits per heavy atom. The lowest BCUT2D eigenvalue weighted by Gasteiger charge is -2.43. The molecule has 1 aromatic carbocycles. The van der Waals surface area contributed by atoms with E-state index in [1.54, 1.807) is 52.0 Å². The molecule has 218 valence electrons. The van der Waals surface area contributed by atoms with Gasteiger partial charge in [-0.15, -0.1) is 0 Å². The fraction of sp³-hybridized carbons (Fsp3) is 0.600. The Morgan fingerprint density at radius 2 is 1.72 bits per heavy atom. The number of hydrogen-bond donors (Lipinski definition) is 2. The SMILES string of the molecule is C=Cc1cccc(C(C(=O)NCCC(=O)OCC)N(C(=O)C(CC(C)C)NC(=O)OC(C)(C)C)C(C)(C)C)c1. The molecule has 2 N–H and O–H groups in total. The van der Waals surface area contributed by atoms with Gasteiger partial charge in [0.1, 0.15) is 17.7 Å². The molecule has 0 aliphatic rings. The van der Waals surface area contributed by atoms with E-state index in [0.717, 1.165) is 5.56 Å². The van der Waals surface area contributed by atoms with Gasteiger partial charge in [0.05, 0.1) is 13.0 Å². The van der Waals surface area contributed by atoms with Gasteiger partial charge in [-0.25, -0.2) is 4.79 Å². The van der Waals surface area contributed by atoms with Crippen molar-refractivity contribution in [2.45, 2.75) is 98.4 Å². The Labute approximate surface area is 233 Å². The van der Waals surface area contributed by atoms with Crippen molar-refractivity contribution in [1.29, 1.82) is 0 Å². The number of alkyl carbamates (subject to hydrolysis) is 1. The van der Waals surface area contributed by atoms with Crippen LogP contribution in [-0.2, 0) is 23.9 Å². The smallest absolute Gasteiger partial charge is 0.408 e. The minimum Gasteiger partial charge on any atom is -0.466 e. The zero-order valence-electron chi connectivity index (χ0n) is 25.1. The van der Waals surface area contributed by atoms with Crippen LogP contribution in [0.4, 0.5) is 4.79 Å². The maximum absolute atomic E-state index is 14.2. The van der Waals surface area contributed by atoms with E-state index in [1.165, 1.54) is 4.90 Å². The van der Waals surface area contributed by atoms with E-state index in [0.29, 0.717) is 12.0 Å². The largest absolute Gasteiger partial charge is 0.466 e. The van der Waals surface area contributed by atoms with E-state index in [2.05, 4.69) is 17.2 Å². The normalized spacial score (nSPS) is 13.2. The number of carbonyl (C=O) groups excluding carboxylic acids is 4. The molecule has 9 heteroatoms. The van der Waals surface area contributed by atoms with E-state index < -0.39 is 47.1 Å². The van der Waals surface area contributed by atoms with Crippen LogP contribution in [0.15, 0.2) is 30.8 Å². The number of carbonyl (C=O) groups is 4. The van der Waals surface area contributed by atoms with E-state index in [-0.39, 0.29) is 25.5 Å². The summed E-state index contributed by atoms with van der Waals surface area (Å²) in [5, 5.41) is 5.53. The van der Waals surface area contributed by atoms with Crippen LogP contribution in [-0.4, -0.2) is 59.1 Å². The summed E-state index contributed by atoms with van der Waals surface area (Å²) in [5.41, 5.74) is -0.213. The third kappa shape index (κ3) is 11.5. The number of esters is 1. The van der Waals surface area contributed by atoms with E-state index in [9.17, 15) is 19.2 Å². The van der Waals surface area contributed by atoms with Crippen LogP contribution in [0, 0.1) is 5.92 Å². The molecule has 0 radical (unpaired) electrons. The molecular formula is C30H47N3O6. The second-order valence-electron chi connectivity index (χ2n) is 11.8. The van der Waals surface area contributed by atoms with Gasteiger partial charge in [0, 0.05) is 12.1 Å². The number of nitrogens with one attached hydrogen (secondary N) is 2. The van der Waals surface area contributed by atoms with Gasteiger partial charge in [0.2, 0.25) is 11.8 Å². The van der Waals surface area contributed by atoms with Gasteiger partial charge >= 0.3 is 12.1 Å². The Balaban J connectivity index is 3.54. The average Bonchev–Trinajstić information content (AvgIpc) is 2.79. The molecule has 0 aromatic heterocycles. The number of rotatable bonds is 12. The lowest BCUT2D eigenvalue weighted by molar-refractivity contribution is -0.149. The molecule has 0 aliphatic carbocycles. The van der Waals surface area contributed by atoms with Gasteiger partial charge in [0.15, 0.2) is 0 Å². The van der Waals surface area contributed by atoms with Crippen LogP contribution in [0.25, 0.3) is 6.08 Å². The molecule has 1 aromatic rings. The third-order valence-electron chi connectivity index (χ3n) is 5.56. The molecule has 39 heavy (non-hydrogen) atoms. The Kier molecular flexibility index (Phi) is 12.7. The summed E-state index contributed by atoms with van der Waals surface area (Å²) in [4.78, 5) is 54.0. The molecular weight excluding hydrogens is 498 g/mol. The molecule has 0 heterocycles. The minimum atomic E-state index is -1.05. The molecule has 3 amide bonds. The van der Waals surface area contributed by atoms with Crippen LogP contribution >= 0.6 is 0 Å². The third-order valence-corrected chi connectivity index (χ3v) is 5.56. The first-order valence-corrected chi connectivity index (χ1v) is 13.5. The molecule has 2 unspecified atom stereocenters. The quantitative estimate of drug-likeness (QED) is 0.357. The number of benzene rings is 1. The number of ether oxygens (including phenoxy) is 2. The van der Waals surface area contributed by atoms with Crippen LogP contribution < -0.4 is 10.6 Å². The van der Waals surface area contributed by atoms with Crippen LogP contribution in [0.5, 0.6) is 0 Å². The molecule has 2 atom stereocenters. The second kappa shape index (κ2) is 14.7. The molecule has 0 saturated carbocycles. The minimum absolute atomic E-state index is 0.00135. The summed E-state index contributed by atoms with van der Waals surface area (Å²) < 4.78 is 10.4. The maximum Gasteiger partial charge on any atom is 0.408 e. The topological polar surface area (TPSA) is 114 Å². The summed E-state index contributed by atoms with van der Waals surface area (Å²) in [6.45, 7) is 20.5. The second-order valence-corrected chi connectivity index (χ2v) is 11.8. The first kappa shape index (κ1) is 33.7. The lowest BCUT2D eigenvalue weighted by atomic mass is 9.93. The van der Waals surface area contributed by atoms with Crippen molar-refractivity contribution < 1.29 is 28.7 Å². The average molecular weight is 546 g/mol. The molecule has 0 spiro atoms. The summed E-state index contributed by atoms with van der Waals surface area (Å²) in [6, 6.07) is 5.23. The first-order chi connectivity index (χ1) is 18.0. The van der Waals surface area contributed by atoms with Gasteiger partial charge < -0.3 is 25.0 Å². The molecule has 0 aliphatic heterocycles. The van der Waals surface area contributed by atoms with E-state index >= 15 is 0 Å². The van der Waals surface area contributed by atoms with Gasteiger partial charge in [-0.2, -0.15) is 0 Å². The molecule has 0 fully saturated rings. The Morgan fingerprint density at radius 1 is 1.08 bits per heavy atom. The number of amides is 3. The van der Waals surface area contributed by atoms with Crippen LogP contribution in [0.1, 0.15) is 92.3 Å². The monoisotopic (exact) mass is 545 g/mol. The highest BCUT2D eigenvalue weighted by atomic mass is 16.6. The molecule has 9 nitrogen and oxygen atoms in total. The molecule has 0 bridgehead atoms. The molecule has 0 saturated heterocycles. The van der Waals surface area contributed by atoms with Gasteiger partial charge in [-0.05, 0) is 78.0 Å². The standard InChI is InChI=1S/C30H47N3O6/c1-11-21-14-13-15-22(19-21)25(26(35)31-17-16-24(34)38-12-2)33(29(5,6)7)27(36)23(18-20(3)4)32-28(37)39-30(8,9)10/h11,13-15,19-20,23,25H,1,12,16-18H2,2-10H3,(H,31,35)(H,32,37). The number of nitrogens with zero attached hydrogens (tertiary/aromatic N) is 1. The summed E-state index contributed by atoms with van der Waals surface area (Å²) in [6.07, 6.45) is 1.29.